The number of ketones is 1. The van der Waals surface area contributed by atoms with Crippen LogP contribution in [0.25, 0.3) is 22.4 Å². The van der Waals surface area contributed by atoms with Gasteiger partial charge in [-0.15, -0.1) is 0 Å². The molecule has 10 heteroatoms. The van der Waals surface area contributed by atoms with Crippen LogP contribution < -0.4 is 5.32 Å². The Morgan fingerprint density at radius 1 is 1.34 bits per heavy atom. The summed E-state index contributed by atoms with van der Waals surface area (Å²) in [6.45, 7) is 0. The molecule has 3 aromatic rings. The summed E-state index contributed by atoms with van der Waals surface area (Å²) >= 11 is 8.31. The first kappa shape index (κ1) is 19.5. The van der Waals surface area contributed by atoms with E-state index in [9.17, 15) is 9.18 Å². The van der Waals surface area contributed by atoms with Gasteiger partial charge in [-0.2, -0.15) is 0 Å². The molecule has 0 aromatic carbocycles. The van der Waals surface area contributed by atoms with Gasteiger partial charge in [0.15, 0.2) is 23.1 Å². The van der Waals surface area contributed by atoms with Gasteiger partial charge in [-0.1, -0.05) is 24.4 Å². The molecule has 0 radical (unpaired) electrons. The number of carbonyl (C=O) groups excluding carboxylic acids is 1. The van der Waals surface area contributed by atoms with Crippen molar-refractivity contribution < 1.29 is 9.18 Å². The zero-order chi connectivity index (χ0) is 20.2. The quantitative estimate of drug-likeness (QED) is 0.442. The van der Waals surface area contributed by atoms with Crippen molar-refractivity contribution in [3.8, 4) is 11.4 Å². The highest BCUT2D eigenvalue weighted by Crippen LogP contribution is 2.53. The fraction of sp³-hybridized carbons (Fsp3) is 0.368. The van der Waals surface area contributed by atoms with Crippen LogP contribution in [0.3, 0.4) is 0 Å². The van der Waals surface area contributed by atoms with Crippen LogP contribution in [0.4, 0.5) is 10.2 Å². The Labute approximate surface area is 187 Å². The van der Waals surface area contributed by atoms with Crippen LogP contribution in [-0.4, -0.2) is 30.7 Å². The van der Waals surface area contributed by atoms with Crippen molar-refractivity contribution in [1.82, 2.24) is 18.9 Å². The molecule has 5 rings (SSSR count). The topological polar surface area (TPSA) is 72.7 Å². The maximum atomic E-state index is 14.5. The third-order valence-corrected chi connectivity index (χ3v) is 7.79. The van der Waals surface area contributed by atoms with E-state index in [4.69, 9.17) is 11.6 Å². The molecule has 150 valence electrons. The molecule has 3 heterocycles. The smallest absolute Gasteiger partial charge is 0.183 e. The minimum atomic E-state index is -0.522. The Morgan fingerprint density at radius 2 is 2.17 bits per heavy atom. The monoisotopic (exact) mass is 543 g/mol. The highest BCUT2D eigenvalue weighted by Gasteiger charge is 2.59. The summed E-state index contributed by atoms with van der Waals surface area (Å²) in [4.78, 5) is 25.1. The van der Waals surface area contributed by atoms with E-state index in [1.807, 2.05) is 10.2 Å². The lowest BCUT2D eigenvalue weighted by Crippen LogP contribution is -2.36. The van der Waals surface area contributed by atoms with Crippen LogP contribution in [0.2, 0.25) is 5.02 Å². The second-order valence-electron chi connectivity index (χ2n) is 7.55. The number of nitrogens with zero attached hydrogens (tertiary/aromatic N) is 4. The van der Waals surface area contributed by atoms with Crippen LogP contribution in [-0.2, 0) is 4.79 Å². The fourth-order valence-corrected chi connectivity index (χ4v) is 5.70. The largest absolute Gasteiger partial charge is 0.364 e. The molecule has 1 N–H and O–H groups in total. The second-order valence-corrected chi connectivity index (χ2v) is 9.70. The van der Waals surface area contributed by atoms with Gasteiger partial charge < -0.3 is 5.32 Å². The zero-order valence-electron chi connectivity index (χ0n) is 15.2. The predicted octanol–water partition coefficient (Wildman–Crippen LogP) is 5.45. The van der Waals surface area contributed by atoms with Crippen LogP contribution in [0.5, 0.6) is 0 Å². The Balaban J connectivity index is 1.54. The van der Waals surface area contributed by atoms with Crippen molar-refractivity contribution in [3.63, 3.8) is 0 Å². The zero-order valence-corrected chi connectivity index (χ0v) is 18.9. The van der Waals surface area contributed by atoms with Crippen molar-refractivity contribution in [2.24, 2.45) is 5.41 Å². The van der Waals surface area contributed by atoms with E-state index in [-0.39, 0.29) is 23.1 Å². The van der Waals surface area contributed by atoms with Gasteiger partial charge in [-0.3, -0.25) is 8.77 Å². The maximum absolute atomic E-state index is 14.5. The number of fused-ring (bicyclic) bond motifs is 1. The third kappa shape index (κ3) is 3.31. The Bertz CT molecular complexity index is 1140. The van der Waals surface area contributed by atoms with E-state index in [0.29, 0.717) is 17.3 Å². The van der Waals surface area contributed by atoms with E-state index >= 15 is 0 Å². The summed E-state index contributed by atoms with van der Waals surface area (Å²) in [5, 5.41) is 4.52. The Hall–Kier alpha value is -1.46. The summed E-state index contributed by atoms with van der Waals surface area (Å²) in [5.41, 5.74) is 1.13. The molecule has 2 saturated carbocycles. The van der Waals surface area contributed by atoms with Crippen molar-refractivity contribution in [1.29, 1.82) is 0 Å². The summed E-state index contributed by atoms with van der Waals surface area (Å²) in [6.07, 6.45) is 8.99. The van der Waals surface area contributed by atoms with Gasteiger partial charge in [0.1, 0.15) is 5.78 Å². The minimum absolute atomic E-state index is 0.0802. The number of pyridine rings is 1. The summed E-state index contributed by atoms with van der Waals surface area (Å²) < 4.78 is 16.4. The normalized spacial score (nSPS) is 23.7. The van der Waals surface area contributed by atoms with E-state index in [1.165, 1.54) is 15.3 Å². The number of hydrogen-bond donors (Lipinski definition) is 1. The SMILES string of the molecule is O=C1C[C@@]12CCCC[C@@H]2Nc1nc(-c2cn(SI)c3ncc(Cl)cc23)ncc1F. The molecule has 0 unspecified atom stereocenters. The molecule has 0 amide bonds. The van der Waals surface area contributed by atoms with Crippen LogP contribution in [0.15, 0.2) is 24.7 Å². The van der Waals surface area contributed by atoms with Gasteiger partial charge >= 0.3 is 0 Å². The van der Waals surface area contributed by atoms with Gasteiger partial charge in [0.05, 0.1) is 16.6 Å². The van der Waals surface area contributed by atoms with Gasteiger partial charge in [0.25, 0.3) is 0 Å². The third-order valence-electron chi connectivity index (χ3n) is 5.89. The number of halogens is 3. The highest BCUT2D eigenvalue weighted by molar-refractivity contribution is 14.2. The minimum Gasteiger partial charge on any atom is -0.364 e. The molecule has 29 heavy (non-hydrogen) atoms. The van der Waals surface area contributed by atoms with E-state index in [0.717, 1.165) is 42.3 Å². The maximum Gasteiger partial charge on any atom is 0.183 e. The average molecular weight is 544 g/mol. The average Bonchev–Trinajstić information content (AvgIpc) is 3.20. The molecule has 6 nitrogen and oxygen atoms in total. The molecular weight excluding hydrogens is 528 g/mol. The van der Waals surface area contributed by atoms with Crippen LogP contribution >= 0.6 is 41.9 Å². The molecule has 2 atom stereocenters. The molecule has 2 aliphatic rings. The van der Waals surface area contributed by atoms with Crippen molar-refractivity contribution in [2.45, 2.75) is 38.1 Å². The fourth-order valence-electron chi connectivity index (χ4n) is 4.29. The lowest BCUT2D eigenvalue weighted by atomic mass is 9.81. The van der Waals surface area contributed by atoms with E-state index in [1.54, 1.807) is 12.3 Å². The lowest BCUT2D eigenvalue weighted by molar-refractivity contribution is -0.113. The van der Waals surface area contributed by atoms with Crippen molar-refractivity contribution in [3.05, 3.63) is 35.5 Å². The van der Waals surface area contributed by atoms with Crippen molar-refractivity contribution >= 4 is 64.6 Å². The molecule has 0 bridgehead atoms. The number of hydrogen-bond acceptors (Lipinski definition) is 6. The number of rotatable bonds is 4. The Kier molecular flexibility index (Phi) is 4.94. The van der Waals surface area contributed by atoms with Crippen LogP contribution in [0, 0.1) is 11.2 Å². The summed E-state index contributed by atoms with van der Waals surface area (Å²) in [7, 11) is 1.46. The van der Waals surface area contributed by atoms with Crippen molar-refractivity contribution in [2.75, 3.05) is 5.32 Å². The molecule has 0 saturated heterocycles. The first-order valence-corrected chi connectivity index (χ1v) is 13.0. The number of nitrogens with one attached hydrogen (secondary N) is 1. The number of Topliss-reactive ketones (excluding diaryl/α,β-unsaturated/α-hetero) is 1. The first-order chi connectivity index (χ1) is 14.0. The molecule has 3 aromatic heterocycles. The van der Waals surface area contributed by atoms with Crippen LogP contribution in [0.1, 0.15) is 32.1 Å². The Morgan fingerprint density at radius 3 is 2.93 bits per heavy atom. The number of aromatic nitrogens is 4. The number of anilines is 1. The molecule has 1 spiro atoms. The molecular formula is C19H16ClFIN5OS. The summed E-state index contributed by atoms with van der Waals surface area (Å²) in [5.74, 6) is 0.274. The lowest BCUT2D eigenvalue weighted by Gasteiger charge is -2.31. The number of carbonyl (C=O) groups is 1. The van der Waals surface area contributed by atoms with Gasteiger partial charge in [-0.25, -0.2) is 19.3 Å². The van der Waals surface area contributed by atoms with E-state index in [2.05, 4.69) is 41.5 Å². The highest BCUT2D eigenvalue weighted by atomic mass is 127. The van der Waals surface area contributed by atoms with E-state index < -0.39 is 5.82 Å². The molecule has 2 aliphatic carbocycles. The van der Waals surface area contributed by atoms with Gasteiger partial charge in [0.2, 0.25) is 0 Å². The first-order valence-electron chi connectivity index (χ1n) is 9.30. The van der Waals surface area contributed by atoms with Gasteiger partial charge in [0, 0.05) is 66.1 Å². The summed E-state index contributed by atoms with van der Waals surface area (Å²) in [6, 6.07) is 1.73. The molecule has 2 fully saturated rings. The predicted molar refractivity (Wildman–Crippen MR) is 121 cm³/mol. The standard InChI is InChI=1S/C19H16ClFIN5OS/c20-10-5-11-12(9-27(29-22)18(11)24-7-10)16-23-8-13(21)17(26-16)25-14-3-1-2-4-19(14)6-15(19)28/h5,7-9,14H,1-4,6H2,(H,23,25,26)/t14-,19+/m0/s1. The second kappa shape index (κ2) is 7.35. The molecule has 0 aliphatic heterocycles. The van der Waals surface area contributed by atoms with Gasteiger partial charge in [-0.05, 0) is 18.9 Å².